The highest BCUT2D eigenvalue weighted by Crippen LogP contribution is 2.30. The number of nitrogens with one attached hydrogen (secondary N) is 2. The van der Waals surface area contributed by atoms with Crippen LogP contribution in [0.2, 0.25) is 5.02 Å². The number of halogens is 1. The summed E-state index contributed by atoms with van der Waals surface area (Å²) in [7, 11) is 1.54. The fraction of sp³-hybridized carbons (Fsp3) is 0.278. The summed E-state index contributed by atoms with van der Waals surface area (Å²) in [5.74, 6) is 0.537. The first kappa shape index (κ1) is 17.2. The summed E-state index contributed by atoms with van der Waals surface area (Å²) in [6, 6.07) is 11.4. The SMILES string of the molecule is COc1cc(Cl)c(C)cc1NC(=O)NCCc1ccccc1C. The van der Waals surface area contributed by atoms with E-state index in [1.165, 1.54) is 11.1 Å². The van der Waals surface area contributed by atoms with Crippen molar-refractivity contribution in [3.8, 4) is 5.75 Å². The van der Waals surface area contributed by atoms with Gasteiger partial charge in [0, 0.05) is 17.6 Å². The van der Waals surface area contributed by atoms with Gasteiger partial charge in [0.05, 0.1) is 12.8 Å². The number of aryl methyl sites for hydroxylation is 2. The van der Waals surface area contributed by atoms with E-state index in [4.69, 9.17) is 16.3 Å². The van der Waals surface area contributed by atoms with Gasteiger partial charge >= 0.3 is 6.03 Å². The quantitative estimate of drug-likeness (QED) is 0.856. The number of amides is 2. The Bertz CT molecular complexity index is 701. The highest BCUT2D eigenvalue weighted by Gasteiger charge is 2.10. The zero-order valence-corrected chi connectivity index (χ0v) is 14.3. The first-order chi connectivity index (χ1) is 11.0. The van der Waals surface area contributed by atoms with Crippen molar-refractivity contribution in [1.82, 2.24) is 5.32 Å². The fourth-order valence-electron chi connectivity index (χ4n) is 2.30. The second-order valence-electron chi connectivity index (χ2n) is 5.36. The van der Waals surface area contributed by atoms with Gasteiger partial charge < -0.3 is 15.4 Å². The summed E-state index contributed by atoms with van der Waals surface area (Å²) in [6.07, 6.45) is 0.789. The highest BCUT2D eigenvalue weighted by molar-refractivity contribution is 6.31. The smallest absolute Gasteiger partial charge is 0.319 e. The monoisotopic (exact) mass is 332 g/mol. The average Bonchev–Trinajstić information content (AvgIpc) is 2.52. The van der Waals surface area contributed by atoms with Crippen LogP contribution in [0.3, 0.4) is 0 Å². The summed E-state index contributed by atoms with van der Waals surface area (Å²) in [6.45, 7) is 4.51. The lowest BCUT2D eigenvalue weighted by Crippen LogP contribution is -2.30. The minimum Gasteiger partial charge on any atom is -0.495 e. The average molecular weight is 333 g/mol. The predicted octanol–water partition coefficient (Wildman–Crippen LogP) is 4.33. The number of carbonyl (C=O) groups excluding carboxylic acids is 1. The molecule has 4 nitrogen and oxygen atoms in total. The van der Waals surface area contributed by atoms with Crippen LogP contribution in [-0.2, 0) is 6.42 Å². The largest absolute Gasteiger partial charge is 0.495 e. The van der Waals surface area contributed by atoms with Gasteiger partial charge in [-0.3, -0.25) is 0 Å². The minimum absolute atomic E-state index is 0.265. The van der Waals surface area contributed by atoms with Crippen LogP contribution in [-0.4, -0.2) is 19.7 Å². The van der Waals surface area contributed by atoms with Gasteiger partial charge in [-0.15, -0.1) is 0 Å². The number of methoxy groups -OCH3 is 1. The maximum absolute atomic E-state index is 12.0. The normalized spacial score (nSPS) is 10.3. The van der Waals surface area contributed by atoms with Gasteiger partial charge in [-0.2, -0.15) is 0 Å². The maximum Gasteiger partial charge on any atom is 0.319 e. The van der Waals surface area contributed by atoms with Gasteiger partial charge in [-0.05, 0) is 43.0 Å². The molecular weight excluding hydrogens is 312 g/mol. The van der Waals surface area contributed by atoms with E-state index in [1.54, 1.807) is 19.2 Å². The Morgan fingerprint density at radius 2 is 1.91 bits per heavy atom. The van der Waals surface area contributed by atoms with Gasteiger partial charge in [-0.1, -0.05) is 35.9 Å². The van der Waals surface area contributed by atoms with Crippen LogP contribution in [0.5, 0.6) is 5.75 Å². The molecule has 0 aliphatic rings. The summed E-state index contributed by atoms with van der Waals surface area (Å²) in [5, 5.41) is 6.25. The van der Waals surface area contributed by atoms with Gasteiger partial charge in [0.25, 0.3) is 0 Å². The second kappa shape index (κ2) is 7.88. The third kappa shape index (κ3) is 4.63. The molecule has 0 saturated heterocycles. The van der Waals surface area contributed by atoms with Gasteiger partial charge in [0.1, 0.15) is 5.75 Å². The lowest BCUT2D eigenvalue weighted by atomic mass is 10.1. The fourth-order valence-corrected chi connectivity index (χ4v) is 2.45. The molecular formula is C18H21ClN2O2. The summed E-state index contributed by atoms with van der Waals surface area (Å²) in [5.41, 5.74) is 3.93. The molecule has 0 aliphatic heterocycles. The van der Waals surface area contributed by atoms with E-state index in [9.17, 15) is 4.79 Å². The molecule has 0 atom stereocenters. The molecule has 2 amide bonds. The third-order valence-electron chi connectivity index (χ3n) is 3.67. The van der Waals surface area contributed by atoms with Crippen molar-refractivity contribution in [3.63, 3.8) is 0 Å². The van der Waals surface area contributed by atoms with E-state index >= 15 is 0 Å². The number of urea groups is 1. The van der Waals surface area contributed by atoms with Crippen molar-refractivity contribution in [2.75, 3.05) is 19.0 Å². The van der Waals surface area contributed by atoms with Crippen LogP contribution in [0.4, 0.5) is 10.5 Å². The Labute approximate surface area is 141 Å². The minimum atomic E-state index is -0.265. The maximum atomic E-state index is 12.0. The number of ether oxygens (including phenoxy) is 1. The van der Waals surface area contributed by atoms with E-state index in [1.807, 2.05) is 19.1 Å². The number of anilines is 1. The van der Waals surface area contributed by atoms with Gasteiger partial charge in [-0.25, -0.2) is 4.79 Å². The van der Waals surface area contributed by atoms with Crippen molar-refractivity contribution < 1.29 is 9.53 Å². The van der Waals surface area contributed by atoms with Crippen LogP contribution in [0.15, 0.2) is 36.4 Å². The molecule has 122 valence electrons. The zero-order valence-electron chi connectivity index (χ0n) is 13.6. The molecule has 2 rings (SSSR count). The van der Waals surface area contributed by atoms with E-state index in [2.05, 4.69) is 29.7 Å². The van der Waals surface area contributed by atoms with E-state index in [0.29, 0.717) is 23.0 Å². The van der Waals surface area contributed by atoms with Crippen molar-refractivity contribution in [3.05, 3.63) is 58.1 Å². The summed E-state index contributed by atoms with van der Waals surface area (Å²) < 4.78 is 5.24. The lowest BCUT2D eigenvalue weighted by Gasteiger charge is -2.13. The van der Waals surface area contributed by atoms with E-state index in [0.717, 1.165) is 12.0 Å². The van der Waals surface area contributed by atoms with E-state index < -0.39 is 0 Å². The van der Waals surface area contributed by atoms with Crippen molar-refractivity contribution >= 4 is 23.3 Å². The Balaban J connectivity index is 1.93. The Morgan fingerprint density at radius 1 is 1.17 bits per heavy atom. The molecule has 2 aromatic rings. The predicted molar refractivity (Wildman–Crippen MR) is 94.6 cm³/mol. The van der Waals surface area contributed by atoms with Crippen molar-refractivity contribution in [1.29, 1.82) is 0 Å². The molecule has 23 heavy (non-hydrogen) atoms. The zero-order chi connectivity index (χ0) is 16.8. The molecule has 0 fully saturated rings. The molecule has 0 spiro atoms. The molecule has 0 radical (unpaired) electrons. The molecule has 0 saturated carbocycles. The van der Waals surface area contributed by atoms with E-state index in [-0.39, 0.29) is 6.03 Å². The number of hydrogen-bond donors (Lipinski definition) is 2. The standard InChI is InChI=1S/C18H21ClN2O2/c1-12-6-4-5-7-14(12)8-9-20-18(22)21-16-10-13(2)15(19)11-17(16)23-3/h4-7,10-11H,8-9H2,1-3H3,(H2,20,21,22). The number of rotatable bonds is 5. The number of carbonyl (C=O) groups is 1. The van der Waals surface area contributed by atoms with Gasteiger partial charge in [0.15, 0.2) is 0 Å². The van der Waals surface area contributed by atoms with Crippen LogP contribution < -0.4 is 15.4 Å². The van der Waals surface area contributed by atoms with Gasteiger partial charge in [0.2, 0.25) is 0 Å². The molecule has 0 bridgehead atoms. The first-order valence-corrected chi connectivity index (χ1v) is 7.82. The van der Waals surface area contributed by atoms with Crippen LogP contribution in [0.1, 0.15) is 16.7 Å². The highest BCUT2D eigenvalue weighted by atomic mass is 35.5. The van der Waals surface area contributed by atoms with Crippen LogP contribution >= 0.6 is 11.6 Å². The molecule has 2 N–H and O–H groups in total. The van der Waals surface area contributed by atoms with Crippen molar-refractivity contribution in [2.45, 2.75) is 20.3 Å². The van der Waals surface area contributed by atoms with Crippen LogP contribution in [0, 0.1) is 13.8 Å². The van der Waals surface area contributed by atoms with Crippen LogP contribution in [0.25, 0.3) is 0 Å². The molecule has 0 aliphatic carbocycles. The molecule has 0 unspecified atom stereocenters. The summed E-state index contributed by atoms with van der Waals surface area (Å²) in [4.78, 5) is 12.0. The Hall–Kier alpha value is -2.20. The topological polar surface area (TPSA) is 50.4 Å². The molecule has 0 aromatic heterocycles. The summed E-state index contributed by atoms with van der Waals surface area (Å²) >= 11 is 6.06. The second-order valence-corrected chi connectivity index (χ2v) is 5.77. The molecule has 5 heteroatoms. The Kier molecular flexibility index (Phi) is 5.88. The molecule has 0 heterocycles. The van der Waals surface area contributed by atoms with Crippen molar-refractivity contribution in [2.24, 2.45) is 0 Å². The molecule has 2 aromatic carbocycles. The Morgan fingerprint density at radius 3 is 2.61 bits per heavy atom. The number of benzene rings is 2. The lowest BCUT2D eigenvalue weighted by molar-refractivity contribution is 0.252. The third-order valence-corrected chi connectivity index (χ3v) is 4.08. The first-order valence-electron chi connectivity index (χ1n) is 7.44. The number of hydrogen-bond acceptors (Lipinski definition) is 2.